The van der Waals surface area contributed by atoms with E-state index in [2.05, 4.69) is 0 Å². The molecule has 1 aromatic carbocycles. The molecule has 1 fully saturated rings. The van der Waals surface area contributed by atoms with Crippen molar-refractivity contribution in [2.75, 3.05) is 18.8 Å². The van der Waals surface area contributed by atoms with E-state index in [9.17, 15) is 13.2 Å². The molecular weight excluding hydrogens is 310 g/mol. The molecule has 1 aliphatic heterocycles. The normalized spacial score (nSPS) is 19.3. The largest absolute Gasteiger partial charge is 0.478 e. The molecule has 0 unspecified atom stereocenters. The van der Waals surface area contributed by atoms with E-state index in [0.29, 0.717) is 18.7 Å². The zero-order valence-corrected chi connectivity index (χ0v) is 13.7. The van der Waals surface area contributed by atoms with Crippen molar-refractivity contribution in [2.24, 2.45) is 0 Å². The molecule has 0 aromatic heterocycles. The van der Waals surface area contributed by atoms with E-state index in [0.717, 1.165) is 5.75 Å². The smallest absolute Gasteiger partial charge is 0.335 e. The van der Waals surface area contributed by atoms with Gasteiger partial charge >= 0.3 is 5.97 Å². The highest BCUT2D eigenvalue weighted by Crippen LogP contribution is 2.31. The molecule has 0 spiro atoms. The monoisotopic (exact) mass is 329 g/mol. The fourth-order valence-electron chi connectivity index (χ4n) is 2.31. The summed E-state index contributed by atoms with van der Waals surface area (Å²) in [5.74, 6) is -0.430. The summed E-state index contributed by atoms with van der Waals surface area (Å²) in [4.78, 5) is 10.9. The van der Waals surface area contributed by atoms with Crippen LogP contribution in [0, 0.1) is 0 Å². The van der Waals surface area contributed by atoms with Crippen molar-refractivity contribution >= 4 is 27.8 Å². The van der Waals surface area contributed by atoms with Crippen molar-refractivity contribution in [3.05, 3.63) is 35.4 Å². The molecule has 0 bridgehead atoms. The Kier molecular flexibility index (Phi) is 4.65. The van der Waals surface area contributed by atoms with Gasteiger partial charge in [-0.2, -0.15) is 16.1 Å². The van der Waals surface area contributed by atoms with E-state index in [1.54, 1.807) is 23.9 Å². The van der Waals surface area contributed by atoms with Crippen molar-refractivity contribution in [3.8, 4) is 0 Å². The van der Waals surface area contributed by atoms with Crippen LogP contribution in [-0.2, 0) is 15.8 Å². The number of sulfonamides is 1. The van der Waals surface area contributed by atoms with Crippen LogP contribution >= 0.6 is 11.8 Å². The van der Waals surface area contributed by atoms with E-state index in [1.807, 2.05) is 13.8 Å². The first-order valence-electron chi connectivity index (χ1n) is 6.64. The molecule has 0 amide bonds. The van der Waals surface area contributed by atoms with Gasteiger partial charge in [-0.3, -0.25) is 0 Å². The van der Waals surface area contributed by atoms with Crippen LogP contribution in [0.4, 0.5) is 0 Å². The summed E-state index contributed by atoms with van der Waals surface area (Å²) in [6.45, 7) is 5.06. The van der Waals surface area contributed by atoms with Crippen LogP contribution in [0.25, 0.3) is 0 Å². The number of hydrogen-bond donors (Lipinski definition) is 1. The topological polar surface area (TPSA) is 74.7 Å². The van der Waals surface area contributed by atoms with Gasteiger partial charge in [0.25, 0.3) is 0 Å². The van der Waals surface area contributed by atoms with E-state index < -0.39 is 16.0 Å². The lowest BCUT2D eigenvalue weighted by Crippen LogP contribution is -2.46. The molecule has 0 saturated carbocycles. The van der Waals surface area contributed by atoms with Crippen molar-refractivity contribution < 1.29 is 18.3 Å². The average molecular weight is 329 g/mol. The highest BCUT2D eigenvalue weighted by molar-refractivity contribution is 8.00. The van der Waals surface area contributed by atoms with Gasteiger partial charge < -0.3 is 5.11 Å². The number of nitrogens with zero attached hydrogens (tertiary/aromatic N) is 1. The Morgan fingerprint density at radius 3 is 2.76 bits per heavy atom. The zero-order valence-electron chi connectivity index (χ0n) is 12.1. The third kappa shape index (κ3) is 4.21. The lowest BCUT2D eigenvalue weighted by molar-refractivity contribution is 0.0696. The predicted octanol–water partition coefficient (Wildman–Crippen LogP) is 2.04. The fraction of sp³-hybridized carbons (Fsp3) is 0.500. The number of carbonyl (C=O) groups is 1. The maximum Gasteiger partial charge on any atom is 0.335 e. The molecule has 2 rings (SSSR count). The first-order valence-corrected chi connectivity index (χ1v) is 9.23. The third-order valence-corrected chi connectivity index (χ3v) is 6.40. The van der Waals surface area contributed by atoms with Crippen molar-refractivity contribution in [1.29, 1.82) is 0 Å². The first-order chi connectivity index (χ1) is 9.70. The van der Waals surface area contributed by atoms with E-state index in [4.69, 9.17) is 5.11 Å². The Morgan fingerprint density at radius 2 is 2.14 bits per heavy atom. The van der Waals surface area contributed by atoms with Gasteiger partial charge in [0.2, 0.25) is 10.0 Å². The van der Waals surface area contributed by atoms with Crippen LogP contribution in [0.5, 0.6) is 0 Å². The zero-order chi connectivity index (χ0) is 15.7. The van der Waals surface area contributed by atoms with Gasteiger partial charge in [0.1, 0.15) is 0 Å². The number of rotatable bonds is 4. The Bertz CT molecular complexity index is 640. The summed E-state index contributed by atoms with van der Waals surface area (Å²) >= 11 is 1.77. The minimum absolute atomic E-state index is 0.0891. The number of carboxylic acid groups (broad SMARTS) is 1. The minimum Gasteiger partial charge on any atom is -0.478 e. The van der Waals surface area contributed by atoms with Gasteiger partial charge in [0.15, 0.2) is 0 Å². The maximum absolute atomic E-state index is 12.5. The molecule has 5 nitrogen and oxygen atoms in total. The van der Waals surface area contributed by atoms with Crippen LogP contribution in [0.2, 0.25) is 0 Å². The molecule has 1 saturated heterocycles. The molecule has 1 N–H and O–H groups in total. The number of hydrogen-bond acceptors (Lipinski definition) is 4. The van der Waals surface area contributed by atoms with Gasteiger partial charge in [-0.1, -0.05) is 12.1 Å². The van der Waals surface area contributed by atoms with E-state index >= 15 is 0 Å². The van der Waals surface area contributed by atoms with Crippen molar-refractivity contribution in [1.82, 2.24) is 4.31 Å². The standard InChI is InChI=1S/C14H19NO4S2/c1-14(2)10-15(6-7-20-14)21(18,19)9-11-4-3-5-12(8-11)13(16)17/h3-5,8H,6-7,9-10H2,1-2H3,(H,16,17). The molecule has 1 aliphatic rings. The van der Waals surface area contributed by atoms with Gasteiger partial charge in [0, 0.05) is 23.6 Å². The molecule has 0 aliphatic carbocycles. The van der Waals surface area contributed by atoms with Gasteiger partial charge in [-0.25, -0.2) is 13.2 Å². The lowest BCUT2D eigenvalue weighted by atomic mass is 10.1. The molecule has 1 aromatic rings. The quantitative estimate of drug-likeness (QED) is 0.915. The Labute approximate surface area is 129 Å². The van der Waals surface area contributed by atoms with Crippen LogP contribution in [0.1, 0.15) is 29.8 Å². The minimum atomic E-state index is -3.42. The second kappa shape index (κ2) is 5.98. The molecule has 21 heavy (non-hydrogen) atoms. The Balaban J connectivity index is 2.17. The van der Waals surface area contributed by atoms with Crippen molar-refractivity contribution in [3.63, 3.8) is 0 Å². The highest BCUT2D eigenvalue weighted by atomic mass is 32.2. The van der Waals surface area contributed by atoms with Gasteiger partial charge in [-0.15, -0.1) is 0 Å². The van der Waals surface area contributed by atoms with Crippen molar-refractivity contribution in [2.45, 2.75) is 24.3 Å². The number of carboxylic acids is 1. The molecule has 116 valence electrons. The van der Waals surface area contributed by atoms with Crippen LogP contribution in [-0.4, -0.2) is 47.4 Å². The van der Waals surface area contributed by atoms with Gasteiger partial charge in [-0.05, 0) is 31.5 Å². The summed E-state index contributed by atoms with van der Waals surface area (Å²) in [6, 6.07) is 6.10. The summed E-state index contributed by atoms with van der Waals surface area (Å²) in [5, 5.41) is 8.96. The Hall–Kier alpha value is -1.05. The summed E-state index contributed by atoms with van der Waals surface area (Å²) in [6.07, 6.45) is 0. The highest BCUT2D eigenvalue weighted by Gasteiger charge is 2.33. The van der Waals surface area contributed by atoms with Crippen LogP contribution < -0.4 is 0 Å². The molecule has 0 radical (unpaired) electrons. The predicted molar refractivity (Wildman–Crippen MR) is 84.1 cm³/mol. The summed E-state index contributed by atoms with van der Waals surface area (Å²) < 4.78 is 26.4. The third-order valence-electron chi connectivity index (χ3n) is 3.31. The van der Waals surface area contributed by atoms with Gasteiger partial charge in [0.05, 0.1) is 11.3 Å². The van der Waals surface area contributed by atoms with Crippen LogP contribution in [0.15, 0.2) is 24.3 Å². The molecule has 7 heteroatoms. The number of benzene rings is 1. The molecular formula is C14H19NO4S2. The lowest BCUT2D eigenvalue weighted by Gasteiger charge is -2.36. The van der Waals surface area contributed by atoms with E-state index in [1.165, 1.54) is 16.4 Å². The summed E-state index contributed by atoms with van der Waals surface area (Å²) in [7, 11) is -3.42. The number of aromatic carboxylic acids is 1. The fourth-order valence-corrected chi connectivity index (χ4v) is 5.29. The SMILES string of the molecule is CC1(C)CN(S(=O)(=O)Cc2cccc(C(=O)O)c2)CCS1. The average Bonchev–Trinajstić information content (AvgIpc) is 2.37. The second-order valence-corrected chi connectivity index (χ2v) is 9.47. The summed E-state index contributed by atoms with van der Waals surface area (Å²) in [5.41, 5.74) is 0.614. The number of thioether (sulfide) groups is 1. The van der Waals surface area contributed by atoms with E-state index in [-0.39, 0.29) is 16.1 Å². The molecule has 0 atom stereocenters. The maximum atomic E-state index is 12.5. The Morgan fingerprint density at radius 1 is 1.43 bits per heavy atom. The van der Waals surface area contributed by atoms with Crippen LogP contribution in [0.3, 0.4) is 0 Å². The first kappa shape index (κ1) is 16.3. The molecule has 1 heterocycles. The second-order valence-electron chi connectivity index (χ2n) is 5.70.